The number of nitrogens with one attached hydrogen (secondary N) is 1. The van der Waals surface area contributed by atoms with E-state index in [1.165, 1.54) is 0 Å². The molecule has 1 aromatic heterocycles. The lowest BCUT2D eigenvalue weighted by Gasteiger charge is -2.10. The van der Waals surface area contributed by atoms with E-state index in [0.29, 0.717) is 24.5 Å². The molecule has 0 unspecified atom stereocenters. The zero-order chi connectivity index (χ0) is 12.7. The molecule has 96 valence electrons. The van der Waals surface area contributed by atoms with E-state index >= 15 is 0 Å². The Morgan fingerprint density at radius 2 is 2.06 bits per heavy atom. The van der Waals surface area contributed by atoms with Gasteiger partial charge in [-0.2, -0.15) is 4.98 Å². The summed E-state index contributed by atoms with van der Waals surface area (Å²) in [6.07, 6.45) is 1.73. The molecule has 0 spiro atoms. The van der Waals surface area contributed by atoms with E-state index in [4.69, 9.17) is 9.47 Å². The van der Waals surface area contributed by atoms with Gasteiger partial charge in [0.2, 0.25) is 5.88 Å². The van der Waals surface area contributed by atoms with Crippen LogP contribution in [0.1, 0.15) is 27.7 Å². The molecule has 0 fully saturated rings. The molecular formula is C12H21N3O2. The van der Waals surface area contributed by atoms with Crippen molar-refractivity contribution in [2.24, 2.45) is 0 Å². The molecule has 5 heteroatoms. The summed E-state index contributed by atoms with van der Waals surface area (Å²) in [6.45, 7) is 9.41. The number of rotatable bonds is 7. The van der Waals surface area contributed by atoms with Crippen molar-refractivity contribution in [2.75, 3.05) is 13.2 Å². The van der Waals surface area contributed by atoms with Crippen LogP contribution in [0.5, 0.6) is 11.9 Å². The van der Waals surface area contributed by atoms with E-state index in [1.54, 1.807) is 12.3 Å². The smallest absolute Gasteiger partial charge is 0.319 e. The minimum absolute atomic E-state index is 0.0976. The molecule has 0 amide bonds. The first-order valence-corrected chi connectivity index (χ1v) is 5.94. The highest BCUT2D eigenvalue weighted by molar-refractivity contribution is 5.11. The molecule has 17 heavy (non-hydrogen) atoms. The van der Waals surface area contributed by atoms with Gasteiger partial charge in [-0.3, -0.25) is 0 Å². The van der Waals surface area contributed by atoms with Crippen LogP contribution in [-0.2, 0) is 0 Å². The largest absolute Gasteiger partial charge is 0.475 e. The van der Waals surface area contributed by atoms with Crippen LogP contribution in [0.25, 0.3) is 0 Å². The Bertz CT molecular complexity index is 329. The molecular weight excluding hydrogens is 218 g/mol. The molecule has 0 aliphatic heterocycles. The van der Waals surface area contributed by atoms with Crippen molar-refractivity contribution in [3.63, 3.8) is 0 Å². The van der Waals surface area contributed by atoms with Crippen LogP contribution in [0.2, 0.25) is 0 Å². The first-order chi connectivity index (χ1) is 8.08. The molecule has 1 heterocycles. The number of hydrogen-bond acceptors (Lipinski definition) is 5. The van der Waals surface area contributed by atoms with Gasteiger partial charge in [-0.15, -0.1) is 0 Å². The molecule has 0 bridgehead atoms. The third-order valence-electron chi connectivity index (χ3n) is 1.85. The summed E-state index contributed by atoms with van der Waals surface area (Å²) >= 11 is 0. The molecule has 1 aromatic rings. The molecule has 0 saturated carbocycles. The van der Waals surface area contributed by atoms with Gasteiger partial charge in [0.25, 0.3) is 0 Å². The van der Waals surface area contributed by atoms with E-state index in [0.717, 1.165) is 6.54 Å². The summed E-state index contributed by atoms with van der Waals surface area (Å²) < 4.78 is 10.9. The van der Waals surface area contributed by atoms with Gasteiger partial charge in [0, 0.05) is 24.8 Å². The van der Waals surface area contributed by atoms with Crippen molar-refractivity contribution in [1.82, 2.24) is 15.3 Å². The topological polar surface area (TPSA) is 56.3 Å². The highest BCUT2D eigenvalue weighted by Gasteiger charge is 2.03. The van der Waals surface area contributed by atoms with Crippen molar-refractivity contribution in [1.29, 1.82) is 0 Å². The molecule has 0 aliphatic carbocycles. The quantitative estimate of drug-likeness (QED) is 0.733. The first kappa shape index (κ1) is 13.7. The Balaban J connectivity index is 2.37. The van der Waals surface area contributed by atoms with Crippen LogP contribution in [0.15, 0.2) is 12.3 Å². The van der Waals surface area contributed by atoms with E-state index < -0.39 is 0 Å². The first-order valence-electron chi connectivity index (χ1n) is 5.94. The lowest BCUT2D eigenvalue weighted by atomic mass is 10.4. The Morgan fingerprint density at radius 1 is 1.29 bits per heavy atom. The van der Waals surface area contributed by atoms with E-state index in [1.807, 2.05) is 13.8 Å². The van der Waals surface area contributed by atoms with E-state index in [9.17, 15) is 0 Å². The Kier molecular flexibility index (Phi) is 5.69. The minimum Gasteiger partial charge on any atom is -0.475 e. The SMILES string of the molecule is CC(C)NCCOc1nccc(OC(C)C)n1. The van der Waals surface area contributed by atoms with Crippen molar-refractivity contribution < 1.29 is 9.47 Å². The second-order valence-corrected chi connectivity index (χ2v) is 4.30. The molecule has 1 N–H and O–H groups in total. The van der Waals surface area contributed by atoms with Gasteiger partial charge in [0.15, 0.2) is 0 Å². The Hall–Kier alpha value is -1.36. The summed E-state index contributed by atoms with van der Waals surface area (Å²) in [4.78, 5) is 8.17. The van der Waals surface area contributed by atoms with Gasteiger partial charge in [0.1, 0.15) is 6.61 Å². The number of nitrogens with zero attached hydrogens (tertiary/aromatic N) is 2. The van der Waals surface area contributed by atoms with Crippen molar-refractivity contribution >= 4 is 0 Å². The highest BCUT2D eigenvalue weighted by atomic mass is 16.5. The van der Waals surface area contributed by atoms with Gasteiger partial charge in [-0.05, 0) is 13.8 Å². The maximum atomic E-state index is 5.45. The second-order valence-electron chi connectivity index (χ2n) is 4.30. The molecule has 0 saturated heterocycles. The average Bonchev–Trinajstić information content (AvgIpc) is 2.24. The lowest BCUT2D eigenvalue weighted by molar-refractivity contribution is 0.223. The number of ether oxygens (including phenoxy) is 2. The molecule has 0 aliphatic rings. The fourth-order valence-electron chi connectivity index (χ4n) is 1.19. The van der Waals surface area contributed by atoms with Gasteiger partial charge in [0.05, 0.1) is 6.10 Å². The maximum Gasteiger partial charge on any atom is 0.319 e. The number of hydrogen-bond donors (Lipinski definition) is 1. The van der Waals surface area contributed by atoms with Gasteiger partial charge in [-0.1, -0.05) is 13.8 Å². The van der Waals surface area contributed by atoms with Crippen LogP contribution in [0, 0.1) is 0 Å². The molecule has 0 atom stereocenters. The average molecular weight is 239 g/mol. The van der Waals surface area contributed by atoms with Gasteiger partial charge in [-0.25, -0.2) is 4.98 Å². The van der Waals surface area contributed by atoms with Gasteiger partial charge < -0.3 is 14.8 Å². The van der Waals surface area contributed by atoms with Crippen LogP contribution in [-0.4, -0.2) is 35.3 Å². The third kappa shape index (κ3) is 6.06. The normalized spacial score (nSPS) is 10.9. The van der Waals surface area contributed by atoms with Crippen molar-refractivity contribution in [3.05, 3.63) is 12.3 Å². The zero-order valence-corrected chi connectivity index (χ0v) is 10.9. The molecule has 0 aromatic carbocycles. The van der Waals surface area contributed by atoms with Gasteiger partial charge >= 0.3 is 6.01 Å². The fraction of sp³-hybridized carbons (Fsp3) is 0.667. The monoisotopic (exact) mass is 239 g/mol. The van der Waals surface area contributed by atoms with E-state index in [2.05, 4.69) is 29.1 Å². The van der Waals surface area contributed by atoms with Crippen LogP contribution in [0.4, 0.5) is 0 Å². The molecule has 0 radical (unpaired) electrons. The predicted octanol–water partition coefficient (Wildman–Crippen LogP) is 1.64. The van der Waals surface area contributed by atoms with Crippen LogP contribution >= 0.6 is 0 Å². The highest BCUT2D eigenvalue weighted by Crippen LogP contribution is 2.11. The summed E-state index contributed by atoms with van der Waals surface area (Å²) in [5.74, 6) is 0.543. The summed E-state index contributed by atoms with van der Waals surface area (Å²) in [7, 11) is 0. The maximum absolute atomic E-state index is 5.45. The van der Waals surface area contributed by atoms with Crippen LogP contribution < -0.4 is 14.8 Å². The predicted molar refractivity (Wildman–Crippen MR) is 66.4 cm³/mol. The standard InChI is InChI=1S/C12H21N3O2/c1-9(2)13-7-8-16-12-14-6-5-11(15-12)17-10(3)4/h5-6,9-10,13H,7-8H2,1-4H3. The molecule has 5 nitrogen and oxygen atoms in total. The molecule has 1 rings (SSSR count). The van der Waals surface area contributed by atoms with Crippen LogP contribution in [0.3, 0.4) is 0 Å². The Morgan fingerprint density at radius 3 is 2.71 bits per heavy atom. The van der Waals surface area contributed by atoms with E-state index in [-0.39, 0.29) is 6.10 Å². The summed E-state index contributed by atoms with van der Waals surface area (Å²) in [5.41, 5.74) is 0. The fourth-order valence-corrected chi connectivity index (χ4v) is 1.19. The zero-order valence-electron chi connectivity index (χ0n) is 10.9. The summed E-state index contributed by atoms with van der Waals surface area (Å²) in [5, 5.41) is 3.25. The second kappa shape index (κ2) is 7.06. The third-order valence-corrected chi connectivity index (χ3v) is 1.85. The van der Waals surface area contributed by atoms with Crippen molar-refractivity contribution in [3.8, 4) is 11.9 Å². The lowest BCUT2D eigenvalue weighted by Crippen LogP contribution is -2.27. The number of aromatic nitrogens is 2. The Labute approximate surface area is 103 Å². The summed E-state index contributed by atoms with van der Waals surface area (Å²) in [6, 6.07) is 2.53. The minimum atomic E-state index is 0.0976. The van der Waals surface area contributed by atoms with Crippen molar-refractivity contribution in [2.45, 2.75) is 39.8 Å².